The van der Waals surface area contributed by atoms with Crippen LogP contribution in [0.2, 0.25) is 5.15 Å². The molecule has 4 nitrogen and oxygen atoms in total. The Morgan fingerprint density at radius 2 is 2.11 bits per heavy atom. The van der Waals surface area contributed by atoms with Crippen LogP contribution in [0.1, 0.15) is 36.9 Å². The third kappa shape index (κ3) is 2.59. The first-order valence-corrected chi connectivity index (χ1v) is 7.11. The van der Waals surface area contributed by atoms with Gasteiger partial charge in [0.1, 0.15) is 5.15 Å². The van der Waals surface area contributed by atoms with E-state index in [-0.39, 0.29) is 0 Å². The lowest BCUT2D eigenvalue weighted by Crippen LogP contribution is -2.20. The molecule has 1 aromatic heterocycles. The van der Waals surface area contributed by atoms with E-state index >= 15 is 0 Å². The summed E-state index contributed by atoms with van der Waals surface area (Å²) >= 11 is 6.22. The molecule has 3 rings (SSSR count). The predicted molar refractivity (Wildman–Crippen MR) is 71.1 cm³/mol. The first-order chi connectivity index (χ1) is 8.83. The topological polar surface area (TPSA) is 47.0 Å². The molecular weight excluding hydrogens is 250 g/mol. The highest BCUT2D eigenvalue weighted by Gasteiger charge is 2.18. The minimum absolute atomic E-state index is 0.295. The first kappa shape index (κ1) is 12.2. The summed E-state index contributed by atoms with van der Waals surface area (Å²) in [5.74, 6) is 0.649. The van der Waals surface area contributed by atoms with Crippen LogP contribution < -0.4 is 5.32 Å². The van der Waals surface area contributed by atoms with Crippen LogP contribution in [0.25, 0.3) is 0 Å². The summed E-state index contributed by atoms with van der Waals surface area (Å²) < 4.78 is 5.57. The van der Waals surface area contributed by atoms with Crippen molar-refractivity contribution in [2.45, 2.75) is 44.6 Å². The van der Waals surface area contributed by atoms with E-state index < -0.39 is 0 Å². The summed E-state index contributed by atoms with van der Waals surface area (Å²) in [4.78, 5) is 8.91. The zero-order chi connectivity index (χ0) is 12.4. The Balaban J connectivity index is 1.70. The predicted octanol–water partition coefficient (Wildman–Crippen LogP) is 2.60. The van der Waals surface area contributed by atoms with E-state index in [1.54, 1.807) is 0 Å². The molecule has 5 heteroatoms. The largest absolute Gasteiger partial charge is 0.376 e. The molecule has 0 spiro atoms. The second kappa shape index (κ2) is 5.41. The fourth-order valence-electron chi connectivity index (χ4n) is 2.64. The Morgan fingerprint density at radius 3 is 2.94 bits per heavy atom. The summed E-state index contributed by atoms with van der Waals surface area (Å²) in [6.07, 6.45) is 6.99. The zero-order valence-corrected chi connectivity index (χ0v) is 11.2. The van der Waals surface area contributed by atoms with E-state index in [4.69, 9.17) is 16.3 Å². The van der Waals surface area contributed by atoms with E-state index in [1.165, 1.54) is 12.8 Å². The van der Waals surface area contributed by atoms with Crippen LogP contribution in [0.5, 0.6) is 0 Å². The molecule has 1 aliphatic heterocycles. The summed E-state index contributed by atoms with van der Waals surface area (Å²) in [5.41, 5.74) is 2.27. The summed E-state index contributed by atoms with van der Waals surface area (Å²) in [7, 11) is 0. The van der Waals surface area contributed by atoms with Gasteiger partial charge in [-0.15, -0.1) is 0 Å². The van der Waals surface area contributed by atoms with Crippen LogP contribution in [-0.4, -0.2) is 29.2 Å². The number of hydrogen-bond acceptors (Lipinski definition) is 4. The Bertz CT molecular complexity index is 432. The average molecular weight is 268 g/mol. The molecule has 1 aliphatic carbocycles. The van der Waals surface area contributed by atoms with Crippen molar-refractivity contribution in [3.63, 3.8) is 0 Å². The molecule has 1 N–H and O–H groups in total. The molecule has 18 heavy (non-hydrogen) atoms. The maximum absolute atomic E-state index is 6.22. The van der Waals surface area contributed by atoms with Crippen LogP contribution in [0.15, 0.2) is 0 Å². The normalized spacial score (nSPS) is 22.8. The maximum Gasteiger partial charge on any atom is 0.224 e. The molecule has 1 fully saturated rings. The number of aromatic nitrogens is 2. The van der Waals surface area contributed by atoms with Gasteiger partial charge in [0.05, 0.1) is 11.8 Å². The van der Waals surface area contributed by atoms with Gasteiger partial charge in [0.2, 0.25) is 5.95 Å². The van der Waals surface area contributed by atoms with Gasteiger partial charge in [0, 0.05) is 18.7 Å². The minimum atomic E-state index is 0.295. The molecule has 1 aromatic rings. The molecule has 0 aromatic carbocycles. The number of anilines is 1. The maximum atomic E-state index is 6.22. The average Bonchev–Trinajstić information content (AvgIpc) is 2.90. The highest BCUT2D eigenvalue weighted by molar-refractivity contribution is 6.30. The molecule has 0 bridgehead atoms. The van der Waals surface area contributed by atoms with Crippen LogP contribution in [0, 0.1) is 0 Å². The number of aryl methyl sites for hydroxylation is 1. The van der Waals surface area contributed by atoms with Crippen molar-refractivity contribution in [1.82, 2.24) is 9.97 Å². The van der Waals surface area contributed by atoms with Crippen molar-refractivity contribution in [2.24, 2.45) is 0 Å². The third-order valence-corrected chi connectivity index (χ3v) is 3.96. The van der Waals surface area contributed by atoms with Gasteiger partial charge in [0.25, 0.3) is 0 Å². The van der Waals surface area contributed by atoms with Gasteiger partial charge in [-0.05, 0) is 38.5 Å². The highest BCUT2D eigenvalue weighted by Crippen LogP contribution is 2.26. The molecule has 0 amide bonds. The van der Waals surface area contributed by atoms with E-state index in [9.17, 15) is 0 Å². The first-order valence-electron chi connectivity index (χ1n) is 6.73. The molecule has 1 unspecified atom stereocenters. The Morgan fingerprint density at radius 1 is 1.22 bits per heavy atom. The second-order valence-electron chi connectivity index (χ2n) is 4.99. The van der Waals surface area contributed by atoms with Crippen LogP contribution >= 0.6 is 11.6 Å². The smallest absolute Gasteiger partial charge is 0.224 e. The van der Waals surface area contributed by atoms with Crippen molar-refractivity contribution in [3.8, 4) is 0 Å². The summed E-state index contributed by atoms with van der Waals surface area (Å²) in [6, 6.07) is 0. The van der Waals surface area contributed by atoms with Gasteiger partial charge in [-0.1, -0.05) is 11.6 Å². The fourth-order valence-corrected chi connectivity index (χ4v) is 2.92. The SMILES string of the molecule is Clc1nc(NCC2CCCO2)nc2c1CCCC2. The van der Waals surface area contributed by atoms with Crippen LogP contribution in [-0.2, 0) is 17.6 Å². The van der Waals surface area contributed by atoms with Gasteiger partial charge < -0.3 is 10.1 Å². The molecule has 1 atom stereocenters. The molecular formula is C13H18ClN3O. The molecule has 2 aliphatic rings. The fraction of sp³-hybridized carbons (Fsp3) is 0.692. The van der Waals surface area contributed by atoms with E-state index in [0.29, 0.717) is 17.2 Å². The summed E-state index contributed by atoms with van der Waals surface area (Å²) in [6.45, 7) is 1.65. The Kier molecular flexibility index (Phi) is 3.66. The third-order valence-electron chi connectivity index (χ3n) is 3.64. The number of hydrogen-bond donors (Lipinski definition) is 1. The standard InChI is InChI=1S/C13H18ClN3O/c14-12-10-5-1-2-6-11(10)16-13(17-12)15-8-9-4-3-7-18-9/h9H,1-8H2,(H,15,16,17). The number of nitrogens with one attached hydrogen (secondary N) is 1. The van der Waals surface area contributed by atoms with Crippen molar-refractivity contribution in [3.05, 3.63) is 16.4 Å². The highest BCUT2D eigenvalue weighted by atomic mass is 35.5. The molecule has 0 saturated carbocycles. The van der Waals surface area contributed by atoms with E-state index in [1.807, 2.05) is 0 Å². The number of halogens is 1. The van der Waals surface area contributed by atoms with Crippen LogP contribution in [0.3, 0.4) is 0 Å². The zero-order valence-electron chi connectivity index (χ0n) is 10.4. The second-order valence-corrected chi connectivity index (χ2v) is 5.34. The molecule has 2 heterocycles. The van der Waals surface area contributed by atoms with Gasteiger partial charge in [0.15, 0.2) is 0 Å². The number of rotatable bonds is 3. The van der Waals surface area contributed by atoms with Crippen molar-refractivity contribution in [1.29, 1.82) is 0 Å². The van der Waals surface area contributed by atoms with Crippen molar-refractivity contribution < 1.29 is 4.74 Å². The minimum Gasteiger partial charge on any atom is -0.376 e. The van der Waals surface area contributed by atoms with Gasteiger partial charge in [-0.2, -0.15) is 0 Å². The lowest BCUT2D eigenvalue weighted by molar-refractivity contribution is 0.120. The number of fused-ring (bicyclic) bond motifs is 1. The van der Waals surface area contributed by atoms with E-state index in [2.05, 4.69) is 15.3 Å². The van der Waals surface area contributed by atoms with Gasteiger partial charge >= 0.3 is 0 Å². The van der Waals surface area contributed by atoms with Gasteiger partial charge in [-0.25, -0.2) is 9.97 Å². The Hall–Kier alpha value is -0.870. The van der Waals surface area contributed by atoms with E-state index in [0.717, 1.165) is 50.1 Å². The molecule has 98 valence electrons. The Labute approximate surface area is 112 Å². The lowest BCUT2D eigenvalue weighted by Gasteiger charge is -2.17. The summed E-state index contributed by atoms with van der Waals surface area (Å²) in [5, 5.41) is 3.87. The monoisotopic (exact) mass is 267 g/mol. The van der Waals surface area contributed by atoms with Crippen LogP contribution in [0.4, 0.5) is 5.95 Å². The quantitative estimate of drug-likeness (QED) is 0.855. The number of ether oxygens (including phenoxy) is 1. The number of nitrogens with zero attached hydrogens (tertiary/aromatic N) is 2. The lowest BCUT2D eigenvalue weighted by atomic mass is 9.97. The van der Waals surface area contributed by atoms with Crippen molar-refractivity contribution >= 4 is 17.5 Å². The molecule has 0 radical (unpaired) electrons. The molecule has 1 saturated heterocycles. The van der Waals surface area contributed by atoms with Gasteiger partial charge in [-0.3, -0.25) is 0 Å². The van der Waals surface area contributed by atoms with Crippen molar-refractivity contribution in [2.75, 3.05) is 18.5 Å².